The van der Waals surface area contributed by atoms with Crippen molar-refractivity contribution in [1.82, 2.24) is 5.32 Å². The van der Waals surface area contributed by atoms with E-state index in [0.29, 0.717) is 0 Å². The second-order valence-electron chi connectivity index (χ2n) is 4.50. The maximum absolute atomic E-state index is 5.99. The van der Waals surface area contributed by atoms with Crippen LogP contribution in [-0.4, -0.2) is 14.2 Å². The Hall–Kier alpha value is -1.03. The summed E-state index contributed by atoms with van der Waals surface area (Å²) in [7, 11) is 3.69. The zero-order valence-electron chi connectivity index (χ0n) is 11.4. The number of ether oxygens (including phenoxy) is 1. The van der Waals surface area contributed by atoms with Crippen LogP contribution in [0, 0.1) is 6.92 Å². The molecular formula is C15H18ClNOS. The van der Waals surface area contributed by atoms with Crippen molar-refractivity contribution in [3.05, 3.63) is 50.7 Å². The van der Waals surface area contributed by atoms with Gasteiger partial charge in [0.2, 0.25) is 0 Å². The van der Waals surface area contributed by atoms with Crippen LogP contribution in [0.4, 0.5) is 0 Å². The lowest BCUT2D eigenvalue weighted by Crippen LogP contribution is -2.19. The van der Waals surface area contributed by atoms with Crippen molar-refractivity contribution in [2.75, 3.05) is 14.2 Å². The highest BCUT2D eigenvalue weighted by Crippen LogP contribution is 2.31. The van der Waals surface area contributed by atoms with Gasteiger partial charge in [0, 0.05) is 22.9 Å². The largest absolute Gasteiger partial charge is 0.496 e. The first-order valence-corrected chi connectivity index (χ1v) is 7.39. The molecule has 1 atom stereocenters. The van der Waals surface area contributed by atoms with E-state index in [9.17, 15) is 0 Å². The highest BCUT2D eigenvalue weighted by molar-refractivity contribution is 7.16. The third-order valence-electron chi connectivity index (χ3n) is 3.15. The standard InChI is InChI=1S/C15H18ClNOS/c1-10-4-6-12(14(8-10)18-3)13(17-2)9-11-5-7-15(16)19-11/h4-8,13,17H,9H2,1-3H3. The number of halogens is 1. The van der Waals surface area contributed by atoms with Crippen molar-refractivity contribution in [1.29, 1.82) is 0 Å². The molecule has 0 saturated heterocycles. The summed E-state index contributed by atoms with van der Waals surface area (Å²) in [5, 5.41) is 3.35. The van der Waals surface area contributed by atoms with Crippen molar-refractivity contribution in [3.63, 3.8) is 0 Å². The molecule has 1 aromatic carbocycles. The summed E-state index contributed by atoms with van der Waals surface area (Å²) in [5.41, 5.74) is 2.38. The molecule has 1 heterocycles. The fourth-order valence-electron chi connectivity index (χ4n) is 2.14. The Labute approximate surface area is 123 Å². The quantitative estimate of drug-likeness (QED) is 0.891. The molecule has 0 aliphatic rings. The van der Waals surface area contributed by atoms with Gasteiger partial charge in [-0.3, -0.25) is 0 Å². The van der Waals surface area contributed by atoms with E-state index in [1.807, 2.05) is 13.1 Å². The third kappa shape index (κ3) is 3.50. The number of hydrogen-bond acceptors (Lipinski definition) is 3. The van der Waals surface area contributed by atoms with E-state index in [1.54, 1.807) is 18.4 Å². The highest BCUT2D eigenvalue weighted by atomic mass is 35.5. The Morgan fingerprint density at radius 1 is 1.32 bits per heavy atom. The predicted molar refractivity (Wildman–Crippen MR) is 82.6 cm³/mol. The first kappa shape index (κ1) is 14.4. The molecule has 0 aliphatic heterocycles. The minimum Gasteiger partial charge on any atom is -0.496 e. The summed E-state index contributed by atoms with van der Waals surface area (Å²) in [6, 6.07) is 10.6. The van der Waals surface area contributed by atoms with Gasteiger partial charge in [-0.2, -0.15) is 0 Å². The van der Waals surface area contributed by atoms with Gasteiger partial charge in [0.05, 0.1) is 11.4 Å². The normalized spacial score (nSPS) is 12.4. The molecule has 0 aliphatic carbocycles. The van der Waals surface area contributed by atoms with Crippen LogP contribution in [0.2, 0.25) is 4.34 Å². The number of methoxy groups -OCH3 is 1. The average Bonchev–Trinajstić information content (AvgIpc) is 2.81. The minimum absolute atomic E-state index is 0.227. The third-order valence-corrected chi connectivity index (χ3v) is 4.40. The van der Waals surface area contributed by atoms with Gasteiger partial charge in [-0.1, -0.05) is 23.7 Å². The molecule has 4 heteroatoms. The number of aryl methyl sites for hydroxylation is 1. The van der Waals surface area contributed by atoms with Crippen molar-refractivity contribution in [2.24, 2.45) is 0 Å². The van der Waals surface area contributed by atoms with Gasteiger partial charge in [-0.25, -0.2) is 0 Å². The molecule has 0 radical (unpaired) electrons. The number of likely N-dealkylation sites (N-methyl/N-ethyl adjacent to an activating group) is 1. The molecule has 0 saturated carbocycles. The molecular weight excluding hydrogens is 278 g/mol. The van der Waals surface area contributed by atoms with Crippen molar-refractivity contribution >= 4 is 22.9 Å². The molecule has 2 aromatic rings. The summed E-state index contributed by atoms with van der Waals surface area (Å²) in [6.07, 6.45) is 0.910. The van der Waals surface area contributed by atoms with Crippen LogP contribution in [0.25, 0.3) is 0 Å². The average molecular weight is 296 g/mol. The van der Waals surface area contributed by atoms with Gasteiger partial charge in [0.15, 0.2) is 0 Å². The Balaban J connectivity index is 2.26. The molecule has 0 bridgehead atoms. The molecule has 0 spiro atoms. The van der Waals surface area contributed by atoms with Crippen LogP contribution in [0.15, 0.2) is 30.3 Å². The van der Waals surface area contributed by atoms with Crippen LogP contribution in [0.1, 0.15) is 22.0 Å². The number of rotatable bonds is 5. The molecule has 102 valence electrons. The van der Waals surface area contributed by atoms with Gasteiger partial charge < -0.3 is 10.1 Å². The summed E-state index contributed by atoms with van der Waals surface area (Å²) in [4.78, 5) is 1.27. The molecule has 1 unspecified atom stereocenters. The van der Waals surface area contributed by atoms with Gasteiger partial charge in [-0.05, 0) is 37.7 Å². The number of thiophene rings is 1. The molecule has 0 amide bonds. The van der Waals surface area contributed by atoms with E-state index in [4.69, 9.17) is 16.3 Å². The summed E-state index contributed by atoms with van der Waals surface area (Å²) in [5.74, 6) is 0.932. The molecule has 1 aromatic heterocycles. The number of nitrogens with one attached hydrogen (secondary N) is 1. The van der Waals surface area contributed by atoms with E-state index in [0.717, 1.165) is 16.5 Å². The van der Waals surface area contributed by atoms with Crippen LogP contribution in [0.3, 0.4) is 0 Å². The van der Waals surface area contributed by atoms with Gasteiger partial charge in [-0.15, -0.1) is 11.3 Å². The first-order valence-electron chi connectivity index (χ1n) is 6.20. The molecule has 2 nitrogen and oxygen atoms in total. The van der Waals surface area contributed by atoms with Crippen LogP contribution in [-0.2, 0) is 6.42 Å². The summed E-state index contributed by atoms with van der Waals surface area (Å²) < 4.78 is 6.32. The molecule has 19 heavy (non-hydrogen) atoms. The maximum Gasteiger partial charge on any atom is 0.123 e. The fraction of sp³-hybridized carbons (Fsp3) is 0.333. The second-order valence-corrected chi connectivity index (χ2v) is 6.30. The van der Waals surface area contributed by atoms with Crippen molar-refractivity contribution in [2.45, 2.75) is 19.4 Å². The maximum atomic E-state index is 5.99. The molecule has 2 rings (SSSR count). The van der Waals surface area contributed by atoms with Crippen LogP contribution in [0.5, 0.6) is 5.75 Å². The fourth-order valence-corrected chi connectivity index (χ4v) is 3.27. The Morgan fingerprint density at radius 3 is 2.68 bits per heavy atom. The lowest BCUT2D eigenvalue weighted by atomic mass is 10.0. The minimum atomic E-state index is 0.227. The van der Waals surface area contributed by atoms with Crippen molar-refractivity contribution in [3.8, 4) is 5.75 Å². The Morgan fingerprint density at radius 2 is 2.11 bits per heavy atom. The number of hydrogen-bond donors (Lipinski definition) is 1. The molecule has 1 N–H and O–H groups in total. The van der Waals surface area contributed by atoms with Crippen molar-refractivity contribution < 1.29 is 4.74 Å². The highest BCUT2D eigenvalue weighted by Gasteiger charge is 2.16. The zero-order valence-corrected chi connectivity index (χ0v) is 12.9. The van der Waals surface area contributed by atoms with E-state index < -0.39 is 0 Å². The van der Waals surface area contributed by atoms with Gasteiger partial charge in [0.1, 0.15) is 5.75 Å². The monoisotopic (exact) mass is 295 g/mol. The first-order chi connectivity index (χ1) is 9.13. The topological polar surface area (TPSA) is 21.3 Å². The van der Waals surface area contributed by atoms with Crippen LogP contribution < -0.4 is 10.1 Å². The lowest BCUT2D eigenvalue weighted by Gasteiger charge is -2.19. The Bertz CT molecular complexity index is 553. The SMILES string of the molecule is CNC(Cc1ccc(Cl)s1)c1ccc(C)cc1OC. The van der Waals surface area contributed by atoms with Gasteiger partial charge in [0.25, 0.3) is 0 Å². The lowest BCUT2D eigenvalue weighted by molar-refractivity contribution is 0.401. The van der Waals surface area contributed by atoms with E-state index >= 15 is 0 Å². The van der Waals surface area contributed by atoms with E-state index in [2.05, 4.69) is 36.5 Å². The second kappa shape index (κ2) is 6.42. The summed E-state index contributed by atoms with van der Waals surface area (Å²) >= 11 is 7.61. The zero-order chi connectivity index (χ0) is 13.8. The van der Waals surface area contributed by atoms with Gasteiger partial charge >= 0.3 is 0 Å². The van der Waals surface area contributed by atoms with E-state index in [1.165, 1.54) is 16.0 Å². The number of benzene rings is 1. The van der Waals surface area contributed by atoms with Crippen LogP contribution >= 0.6 is 22.9 Å². The Kier molecular flexibility index (Phi) is 4.86. The summed E-state index contributed by atoms with van der Waals surface area (Å²) in [6.45, 7) is 2.07. The smallest absolute Gasteiger partial charge is 0.123 e. The van der Waals surface area contributed by atoms with E-state index in [-0.39, 0.29) is 6.04 Å². The molecule has 0 fully saturated rings. The predicted octanol–water partition coefficient (Wildman–Crippen LogP) is 4.22.